The first-order valence-electron chi connectivity index (χ1n) is 9.41. The maximum absolute atomic E-state index is 11.4. The van der Waals surface area contributed by atoms with Crippen molar-refractivity contribution in [2.45, 2.75) is 20.0 Å². The van der Waals surface area contributed by atoms with Gasteiger partial charge in [0.15, 0.2) is 5.75 Å². The number of hydrogen-bond donors (Lipinski definition) is 2. The van der Waals surface area contributed by atoms with Crippen LogP contribution >= 0.6 is 0 Å². The number of amides is 1. The van der Waals surface area contributed by atoms with Crippen LogP contribution in [0.4, 0.5) is 5.69 Å². The van der Waals surface area contributed by atoms with Crippen molar-refractivity contribution in [2.24, 2.45) is 17.8 Å². The highest BCUT2D eigenvalue weighted by molar-refractivity contribution is 6.08. The van der Waals surface area contributed by atoms with Crippen LogP contribution in [0.2, 0.25) is 0 Å². The number of aromatic hydroxyl groups is 1. The Kier molecular flexibility index (Phi) is 4.90. The van der Waals surface area contributed by atoms with Crippen molar-refractivity contribution in [1.29, 1.82) is 0 Å². The predicted molar refractivity (Wildman–Crippen MR) is 110 cm³/mol. The fourth-order valence-electron chi connectivity index (χ4n) is 3.48. The minimum Gasteiger partial charge on any atom is -0.504 e. The molecule has 0 atom stereocenters. The van der Waals surface area contributed by atoms with E-state index in [0.29, 0.717) is 48.0 Å². The second-order valence-corrected chi connectivity index (χ2v) is 6.95. The second-order valence-electron chi connectivity index (χ2n) is 6.95. The molecule has 2 aromatic carbocycles. The molecule has 7 nitrogen and oxygen atoms in total. The molecule has 0 bridgehead atoms. The van der Waals surface area contributed by atoms with Gasteiger partial charge in [-0.25, -0.2) is 0 Å². The number of aliphatic imine (C=N–C) groups is 1. The van der Waals surface area contributed by atoms with Gasteiger partial charge in [-0.2, -0.15) is 5.10 Å². The molecule has 0 saturated heterocycles. The number of rotatable bonds is 6. The summed E-state index contributed by atoms with van der Waals surface area (Å²) in [7, 11) is 1.78. The Labute approximate surface area is 168 Å². The van der Waals surface area contributed by atoms with E-state index >= 15 is 0 Å². The van der Waals surface area contributed by atoms with Gasteiger partial charge in [-0.1, -0.05) is 30.3 Å². The summed E-state index contributed by atoms with van der Waals surface area (Å²) in [6.45, 7) is 3.18. The number of benzene rings is 2. The van der Waals surface area contributed by atoms with Gasteiger partial charge in [0, 0.05) is 31.2 Å². The zero-order valence-electron chi connectivity index (χ0n) is 16.3. The third-order valence-corrected chi connectivity index (χ3v) is 4.98. The van der Waals surface area contributed by atoms with Crippen LogP contribution in [-0.2, 0) is 24.8 Å². The lowest BCUT2D eigenvalue weighted by molar-refractivity contribution is 0.100. The summed E-state index contributed by atoms with van der Waals surface area (Å²) in [6, 6.07) is 13.0. The average Bonchev–Trinajstić information content (AvgIpc) is 3.25. The van der Waals surface area contributed by atoms with Crippen molar-refractivity contribution in [2.75, 3.05) is 6.61 Å². The minimum atomic E-state index is -0.491. The number of nitrogens with two attached hydrogens (primary N) is 1. The summed E-state index contributed by atoms with van der Waals surface area (Å²) in [5.41, 5.74) is 11.1. The van der Waals surface area contributed by atoms with Crippen molar-refractivity contribution >= 4 is 17.3 Å². The third kappa shape index (κ3) is 3.52. The first-order chi connectivity index (χ1) is 14.0. The van der Waals surface area contributed by atoms with Crippen LogP contribution in [0.25, 0.3) is 11.3 Å². The first kappa shape index (κ1) is 18.9. The fraction of sp³-hybridized carbons (Fsp3) is 0.227. The molecule has 0 aliphatic carbocycles. The van der Waals surface area contributed by atoms with Gasteiger partial charge in [-0.15, -0.1) is 0 Å². The summed E-state index contributed by atoms with van der Waals surface area (Å²) in [6.07, 6.45) is 0.550. The summed E-state index contributed by atoms with van der Waals surface area (Å²) in [5, 5.41) is 15.4. The molecule has 29 heavy (non-hydrogen) atoms. The van der Waals surface area contributed by atoms with Crippen LogP contribution in [-0.4, -0.2) is 33.1 Å². The van der Waals surface area contributed by atoms with Crippen molar-refractivity contribution in [3.05, 3.63) is 64.8 Å². The number of carbonyl (C=O) groups is 1. The van der Waals surface area contributed by atoms with Crippen LogP contribution in [0.15, 0.2) is 47.5 Å². The van der Waals surface area contributed by atoms with Gasteiger partial charge in [0.05, 0.1) is 18.0 Å². The molecule has 3 aromatic rings. The molecular weight excluding hydrogens is 368 g/mol. The Morgan fingerprint density at radius 1 is 1.24 bits per heavy atom. The molecule has 1 aliphatic rings. The Bertz CT molecular complexity index is 1110. The summed E-state index contributed by atoms with van der Waals surface area (Å²) >= 11 is 0. The Balaban J connectivity index is 1.66. The number of fused-ring (bicyclic) bond motifs is 1. The number of aryl methyl sites for hydroxylation is 1. The molecule has 1 aromatic heterocycles. The topological polar surface area (TPSA) is 103 Å². The van der Waals surface area contributed by atoms with Gasteiger partial charge in [0.2, 0.25) is 5.91 Å². The van der Waals surface area contributed by atoms with Gasteiger partial charge in [-0.05, 0) is 30.2 Å². The lowest BCUT2D eigenvalue weighted by atomic mass is 10.0. The molecule has 0 spiro atoms. The number of primary amides is 1. The minimum absolute atomic E-state index is 0.0896. The zero-order chi connectivity index (χ0) is 20.5. The van der Waals surface area contributed by atoms with E-state index in [2.05, 4.69) is 10.1 Å². The van der Waals surface area contributed by atoms with E-state index in [1.807, 2.05) is 37.3 Å². The second kappa shape index (κ2) is 7.52. The summed E-state index contributed by atoms with van der Waals surface area (Å²) < 4.78 is 7.06. The van der Waals surface area contributed by atoms with Crippen molar-refractivity contribution < 1.29 is 14.6 Å². The Morgan fingerprint density at radius 3 is 2.69 bits per heavy atom. The molecule has 4 rings (SSSR count). The first-order valence-corrected chi connectivity index (χ1v) is 9.41. The normalized spacial score (nSPS) is 12.7. The van der Waals surface area contributed by atoms with E-state index in [4.69, 9.17) is 10.5 Å². The zero-order valence-corrected chi connectivity index (χ0v) is 16.3. The molecule has 0 saturated carbocycles. The molecule has 2 heterocycles. The summed E-state index contributed by atoms with van der Waals surface area (Å²) in [5.74, 6) is -0.401. The van der Waals surface area contributed by atoms with Gasteiger partial charge >= 0.3 is 0 Å². The summed E-state index contributed by atoms with van der Waals surface area (Å²) in [4.78, 5) is 16.0. The van der Waals surface area contributed by atoms with Crippen LogP contribution in [0, 0.1) is 0 Å². The van der Waals surface area contributed by atoms with Gasteiger partial charge in [-0.3, -0.25) is 14.5 Å². The molecule has 1 amide bonds. The number of carbonyl (C=O) groups excluding carboxylic acids is 1. The van der Waals surface area contributed by atoms with E-state index in [1.165, 1.54) is 0 Å². The van der Waals surface area contributed by atoms with Crippen molar-refractivity contribution in [1.82, 2.24) is 9.78 Å². The van der Waals surface area contributed by atoms with Crippen LogP contribution in [0.5, 0.6) is 5.75 Å². The maximum Gasteiger partial charge on any atom is 0.248 e. The van der Waals surface area contributed by atoms with E-state index in [0.717, 1.165) is 16.7 Å². The third-order valence-electron chi connectivity index (χ3n) is 4.98. The SMILES string of the molecule is CCOCc1ccc(-c2nn(C)c(C3=Nc4cc(C(N)=O)ccc4C3)c2O)cc1. The predicted octanol–water partition coefficient (Wildman–Crippen LogP) is 3.11. The average molecular weight is 390 g/mol. The van der Waals surface area contributed by atoms with Crippen LogP contribution in [0.3, 0.4) is 0 Å². The maximum atomic E-state index is 11.4. The largest absolute Gasteiger partial charge is 0.504 e. The molecule has 3 N–H and O–H groups in total. The Morgan fingerprint density at radius 2 is 2.00 bits per heavy atom. The van der Waals surface area contributed by atoms with E-state index < -0.39 is 5.91 Å². The van der Waals surface area contributed by atoms with Gasteiger partial charge in [0.1, 0.15) is 11.4 Å². The quantitative estimate of drug-likeness (QED) is 0.675. The van der Waals surface area contributed by atoms with Crippen LogP contribution < -0.4 is 5.73 Å². The molecule has 1 aliphatic heterocycles. The van der Waals surface area contributed by atoms with E-state index in [-0.39, 0.29) is 5.75 Å². The molecule has 0 fully saturated rings. The lowest BCUT2D eigenvalue weighted by Crippen LogP contribution is -2.10. The van der Waals surface area contributed by atoms with Crippen molar-refractivity contribution in [3.8, 4) is 17.0 Å². The van der Waals surface area contributed by atoms with Gasteiger partial charge in [0.25, 0.3) is 0 Å². The molecular formula is C22H22N4O3. The van der Waals surface area contributed by atoms with E-state index in [9.17, 15) is 9.90 Å². The smallest absolute Gasteiger partial charge is 0.248 e. The molecule has 0 unspecified atom stereocenters. The number of nitrogens with zero attached hydrogens (tertiary/aromatic N) is 3. The number of hydrogen-bond acceptors (Lipinski definition) is 5. The van der Waals surface area contributed by atoms with Crippen molar-refractivity contribution in [3.63, 3.8) is 0 Å². The Hall–Kier alpha value is -3.45. The molecule has 7 heteroatoms. The number of ether oxygens (including phenoxy) is 1. The number of aromatic nitrogens is 2. The van der Waals surface area contributed by atoms with E-state index in [1.54, 1.807) is 23.9 Å². The highest BCUT2D eigenvalue weighted by atomic mass is 16.5. The molecule has 148 valence electrons. The van der Waals surface area contributed by atoms with Gasteiger partial charge < -0.3 is 15.6 Å². The van der Waals surface area contributed by atoms with Crippen LogP contribution in [0.1, 0.15) is 34.1 Å². The molecule has 0 radical (unpaired) electrons. The lowest BCUT2D eigenvalue weighted by Gasteiger charge is -2.03. The fourth-order valence-corrected chi connectivity index (χ4v) is 3.48. The standard InChI is InChI=1S/C22H22N4O3/c1-3-29-12-13-4-6-14(7-5-13)19-21(27)20(26(2)25-19)18-10-15-8-9-16(22(23)28)11-17(15)24-18/h4-9,11,27H,3,10,12H2,1-2H3,(H2,23,28). The monoisotopic (exact) mass is 390 g/mol. The highest BCUT2D eigenvalue weighted by Crippen LogP contribution is 2.36. The highest BCUT2D eigenvalue weighted by Gasteiger charge is 2.25.